The Labute approximate surface area is 165 Å². The monoisotopic (exact) mass is 382 g/mol. The number of benzene rings is 2. The third-order valence-corrected chi connectivity index (χ3v) is 4.84. The largest absolute Gasteiger partial charge is 0.489 e. The maximum absolute atomic E-state index is 12.5. The number of hydrogen-bond acceptors (Lipinski definition) is 4. The van der Waals surface area contributed by atoms with Crippen LogP contribution in [0, 0.1) is 5.92 Å². The highest BCUT2D eigenvalue weighted by atomic mass is 16.5. The minimum atomic E-state index is -0.346. The van der Waals surface area contributed by atoms with Gasteiger partial charge in [-0.2, -0.15) is 0 Å². The van der Waals surface area contributed by atoms with Gasteiger partial charge in [0.2, 0.25) is 11.8 Å². The molecule has 0 radical (unpaired) electrons. The first-order valence-corrected chi connectivity index (χ1v) is 9.43. The van der Waals surface area contributed by atoms with E-state index in [0.29, 0.717) is 25.4 Å². The Morgan fingerprint density at radius 3 is 2.57 bits per heavy atom. The summed E-state index contributed by atoms with van der Waals surface area (Å²) in [7, 11) is 1.61. The van der Waals surface area contributed by atoms with E-state index >= 15 is 0 Å². The van der Waals surface area contributed by atoms with Gasteiger partial charge < -0.3 is 19.7 Å². The molecule has 1 aliphatic rings. The molecule has 3 rings (SSSR count). The van der Waals surface area contributed by atoms with E-state index in [4.69, 9.17) is 9.47 Å². The first-order chi connectivity index (χ1) is 13.6. The fraction of sp³-hybridized carbons (Fsp3) is 0.364. The average molecular weight is 382 g/mol. The zero-order valence-electron chi connectivity index (χ0n) is 16.3. The predicted molar refractivity (Wildman–Crippen MR) is 107 cm³/mol. The van der Waals surface area contributed by atoms with Crippen molar-refractivity contribution in [2.24, 2.45) is 5.92 Å². The number of amides is 2. The Kier molecular flexibility index (Phi) is 6.66. The van der Waals surface area contributed by atoms with Crippen LogP contribution in [0.25, 0.3) is 0 Å². The number of ether oxygens (including phenoxy) is 2. The van der Waals surface area contributed by atoms with Crippen LogP contribution in [0.15, 0.2) is 54.6 Å². The van der Waals surface area contributed by atoms with Gasteiger partial charge >= 0.3 is 0 Å². The summed E-state index contributed by atoms with van der Waals surface area (Å²) >= 11 is 0. The molecule has 0 aliphatic carbocycles. The summed E-state index contributed by atoms with van der Waals surface area (Å²) in [5.74, 6) is 0.242. The zero-order valence-corrected chi connectivity index (χ0v) is 16.3. The van der Waals surface area contributed by atoms with Gasteiger partial charge in [0, 0.05) is 25.8 Å². The van der Waals surface area contributed by atoms with E-state index in [1.54, 1.807) is 24.1 Å². The van der Waals surface area contributed by atoms with Gasteiger partial charge in [0.1, 0.15) is 12.4 Å². The molecule has 1 heterocycles. The van der Waals surface area contributed by atoms with Crippen molar-refractivity contribution in [2.75, 3.05) is 25.6 Å². The lowest BCUT2D eigenvalue weighted by molar-refractivity contribution is -0.130. The van der Waals surface area contributed by atoms with Crippen molar-refractivity contribution in [1.82, 2.24) is 4.90 Å². The molecule has 28 heavy (non-hydrogen) atoms. The van der Waals surface area contributed by atoms with Gasteiger partial charge in [-0.1, -0.05) is 30.3 Å². The number of nitrogens with one attached hydrogen (secondary N) is 1. The van der Waals surface area contributed by atoms with Crippen molar-refractivity contribution in [3.8, 4) is 5.75 Å². The molecular weight excluding hydrogens is 356 g/mol. The summed E-state index contributed by atoms with van der Waals surface area (Å²) in [5, 5.41) is 2.89. The summed E-state index contributed by atoms with van der Waals surface area (Å²) in [6.45, 7) is 3.31. The average Bonchev–Trinajstić information content (AvgIpc) is 3.10. The minimum Gasteiger partial charge on any atom is -0.489 e. The first kappa shape index (κ1) is 19.9. The van der Waals surface area contributed by atoms with Gasteiger partial charge in [-0.05, 0) is 36.8 Å². The molecular formula is C22H26N2O4. The number of likely N-dealkylation sites (tertiary alicyclic amines) is 1. The SMILES string of the molecule is COC[C@H](C)N1C[C@H](C(=O)Nc2ccc(OCc3ccccc3)cc2)CC1=O. The third-order valence-electron chi connectivity index (χ3n) is 4.84. The van der Waals surface area contributed by atoms with Gasteiger partial charge in [0.25, 0.3) is 0 Å². The maximum Gasteiger partial charge on any atom is 0.229 e. The fourth-order valence-electron chi connectivity index (χ4n) is 3.28. The third kappa shape index (κ3) is 5.10. The van der Waals surface area contributed by atoms with Crippen LogP contribution >= 0.6 is 0 Å². The summed E-state index contributed by atoms with van der Waals surface area (Å²) < 4.78 is 10.9. The lowest BCUT2D eigenvalue weighted by Crippen LogP contribution is -2.38. The molecule has 2 atom stereocenters. The second kappa shape index (κ2) is 9.37. The smallest absolute Gasteiger partial charge is 0.229 e. The molecule has 0 saturated carbocycles. The fourth-order valence-corrected chi connectivity index (χ4v) is 3.28. The molecule has 0 unspecified atom stereocenters. The lowest BCUT2D eigenvalue weighted by atomic mass is 10.1. The number of methoxy groups -OCH3 is 1. The molecule has 0 spiro atoms. The van der Waals surface area contributed by atoms with Crippen molar-refractivity contribution in [1.29, 1.82) is 0 Å². The Bertz CT molecular complexity index is 792. The van der Waals surface area contributed by atoms with Crippen LogP contribution in [0.5, 0.6) is 5.75 Å². The molecule has 1 N–H and O–H groups in total. The van der Waals surface area contributed by atoms with E-state index in [0.717, 1.165) is 11.3 Å². The van der Waals surface area contributed by atoms with Crippen molar-refractivity contribution in [3.63, 3.8) is 0 Å². The normalized spacial score (nSPS) is 17.4. The Morgan fingerprint density at radius 2 is 1.89 bits per heavy atom. The molecule has 6 nitrogen and oxygen atoms in total. The summed E-state index contributed by atoms with van der Waals surface area (Å²) in [6, 6.07) is 17.2. The van der Waals surface area contributed by atoms with Crippen LogP contribution < -0.4 is 10.1 Å². The minimum absolute atomic E-state index is 0.00522. The number of anilines is 1. The van der Waals surface area contributed by atoms with Gasteiger partial charge in [-0.25, -0.2) is 0 Å². The quantitative estimate of drug-likeness (QED) is 0.762. The Balaban J connectivity index is 1.51. The van der Waals surface area contributed by atoms with E-state index in [1.807, 2.05) is 49.4 Å². The number of hydrogen-bond donors (Lipinski definition) is 1. The molecule has 1 saturated heterocycles. The molecule has 0 bridgehead atoms. The van der Waals surface area contributed by atoms with Crippen molar-refractivity contribution < 1.29 is 19.1 Å². The molecule has 2 aromatic carbocycles. The lowest BCUT2D eigenvalue weighted by Gasteiger charge is -2.23. The van der Waals surface area contributed by atoms with Crippen LogP contribution in [-0.2, 0) is 20.9 Å². The highest BCUT2D eigenvalue weighted by Gasteiger charge is 2.36. The van der Waals surface area contributed by atoms with Crippen molar-refractivity contribution >= 4 is 17.5 Å². The van der Waals surface area contributed by atoms with E-state index in [9.17, 15) is 9.59 Å². The second-order valence-corrected chi connectivity index (χ2v) is 7.04. The van der Waals surface area contributed by atoms with Crippen LogP contribution in [0.2, 0.25) is 0 Å². The van der Waals surface area contributed by atoms with E-state index in [1.165, 1.54) is 0 Å². The van der Waals surface area contributed by atoms with Crippen LogP contribution in [0.4, 0.5) is 5.69 Å². The van der Waals surface area contributed by atoms with Crippen LogP contribution in [-0.4, -0.2) is 43.0 Å². The highest BCUT2D eigenvalue weighted by molar-refractivity contribution is 5.97. The molecule has 1 fully saturated rings. The molecule has 6 heteroatoms. The topological polar surface area (TPSA) is 67.9 Å². The number of carbonyl (C=O) groups excluding carboxylic acids is 2. The standard InChI is InChI=1S/C22H26N2O4/c1-16(14-27-2)24-13-18(12-21(24)25)22(26)23-19-8-10-20(11-9-19)28-15-17-6-4-3-5-7-17/h3-11,16,18H,12-15H2,1-2H3,(H,23,26)/t16-,18+/m0/s1. The summed E-state index contributed by atoms with van der Waals surface area (Å²) in [5.41, 5.74) is 1.78. The molecule has 148 valence electrons. The van der Waals surface area contributed by atoms with Gasteiger partial charge in [-0.3, -0.25) is 9.59 Å². The second-order valence-electron chi connectivity index (χ2n) is 7.04. The van der Waals surface area contributed by atoms with Crippen molar-refractivity contribution in [2.45, 2.75) is 26.0 Å². The van der Waals surface area contributed by atoms with Gasteiger partial charge in [0.05, 0.1) is 18.6 Å². The molecule has 0 aromatic heterocycles. The maximum atomic E-state index is 12.5. The Morgan fingerprint density at radius 1 is 1.18 bits per heavy atom. The van der Waals surface area contributed by atoms with E-state index < -0.39 is 0 Å². The zero-order chi connectivity index (χ0) is 19.9. The van der Waals surface area contributed by atoms with Crippen LogP contribution in [0.1, 0.15) is 18.9 Å². The Hall–Kier alpha value is -2.86. The molecule has 2 aromatic rings. The highest BCUT2D eigenvalue weighted by Crippen LogP contribution is 2.23. The van der Waals surface area contributed by atoms with Crippen LogP contribution in [0.3, 0.4) is 0 Å². The van der Waals surface area contributed by atoms with Gasteiger partial charge in [0.15, 0.2) is 0 Å². The van der Waals surface area contributed by atoms with Crippen molar-refractivity contribution in [3.05, 3.63) is 60.2 Å². The molecule has 1 aliphatic heterocycles. The number of rotatable bonds is 8. The summed E-state index contributed by atoms with van der Waals surface area (Å²) in [6.07, 6.45) is 0.234. The molecule has 2 amide bonds. The number of nitrogens with zero attached hydrogens (tertiary/aromatic N) is 1. The van der Waals surface area contributed by atoms with E-state index in [2.05, 4.69) is 5.32 Å². The predicted octanol–water partition coefficient (Wildman–Crippen LogP) is 3.09. The summed E-state index contributed by atoms with van der Waals surface area (Å²) in [4.78, 5) is 26.4. The number of carbonyl (C=O) groups is 2. The first-order valence-electron chi connectivity index (χ1n) is 9.43. The van der Waals surface area contributed by atoms with Gasteiger partial charge in [-0.15, -0.1) is 0 Å². The van der Waals surface area contributed by atoms with E-state index in [-0.39, 0.29) is 30.2 Å².